The molecule has 1 aromatic carbocycles. The Labute approximate surface area is 152 Å². The van der Waals surface area contributed by atoms with E-state index >= 15 is 0 Å². The fraction of sp³-hybridized carbons (Fsp3) is 0.312. The highest BCUT2D eigenvalue weighted by atomic mass is 32.2. The summed E-state index contributed by atoms with van der Waals surface area (Å²) in [6, 6.07) is 6.24. The van der Waals surface area contributed by atoms with Crippen molar-refractivity contribution in [3.05, 3.63) is 46.6 Å². The third-order valence-corrected chi connectivity index (χ3v) is 5.86. The number of hydrogen-bond donors (Lipinski definition) is 2. The van der Waals surface area contributed by atoms with Gasteiger partial charge in [-0.25, -0.2) is 9.48 Å². The predicted octanol–water partition coefficient (Wildman–Crippen LogP) is 2.01. The van der Waals surface area contributed by atoms with Crippen LogP contribution in [0.3, 0.4) is 0 Å². The van der Waals surface area contributed by atoms with E-state index in [2.05, 4.69) is 22.9 Å². The summed E-state index contributed by atoms with van der Waals surface area (Å²) in [5.74, 6) is 1.94. The number of thiol groups is 1. The van der Waals surface area contributed by atoms with Gasteiger partial charge < -0.3 is 14.3 Å². The lowest BCUT2D eigenvalue weighted by molar-refractivity contribution is 0.0599. The first kappa shape index (κ1) is 16.5. The molecule has 130 valence electrons. The molecule has 1 saturated heterocycles. The lowest BCUT2D eigenvalue weighted by Crippen LogP contribution is -2.22. The average molecular weight is 377 g/mol. The van der Waals surface area contributed by atoms with Crippen LogP contribution in [0.5, 0.6) is 5.75 Å². The molecule has 1 N–H and O–H groups in total. The van der Waals surface area contributed by atoms with E-state index in [1.807, 2.05) is 11.8 Å². The van der Waals surface area contributed by atoms with Crippen LogP contribution in [0.4, 0.5) is 0 Å². The van der Waals surface area contributed by atoms with Crippen molar-refractivity contribution in [1.29, 1.82) is 0 Å². The first-order valence-electron chi connectivity index (χ1n) is 7.66. The third kappa shape index (κ3) is 3.39. The normalized spacial score (nSPS) is 20.4. The number of aromatic nitrogens is 3. The minimum atomic E-state index is -0.557. The van der Waals surface area contributed by atoms with Crippen LogP contribution < -0.4 is 5.63 Å². The molecule has 1 fully saturated rings. The number of thioether (sulfide) groups is 1. The maximum Gasteiger partial charge on any atom is 0.362 e. The zero-order chi connectivity index (χ0) is 17.4. The summed E-state index contributed by atoms with van der Waals surface area (Å²) in [7, 11) is 0. The van der Waals surface area contributed by atoms with E-state index in [0.717, 1.165) is 11.5 Å². The molecule has 0 spiro atoms. The van der Waals surface area contributed by atoms with E-state index in [1.165, 1.54) is 16.8 Å². The van der Waals surface area contributed by atoms with E-state index < -0.39 is 5.63 Å². The van der Waals surface area contributed by atoms with Crippen molar-refractivity contribution in [2.75, 3.05) is 11.5 Å². The Morgan fingerprint density at radius 1 is 1.40 bits per heavy atom. The molecule has 25 heavy (non-hydrogen) atoms. The molecule has 4 rings (SSSR count). The highest BCUT2D eigenvalue weighted by molar-refractivity contribution is 8.00. The molecule has 3 heterocycles. The van der Waals surface area contributed by atoms with Gasteiger partial charge in [-0.2, -0.15) is 24.4 Å². The van der Waals surface area contributed by atoms with Crippen LogP contribution >= 0.6 is 24.4 Å². The standard InChI is InChI=1S/C16H15N3O4S2/c20-11-2-1-9-3-12(16(21)23-13(9)4-11)19-5-10(17-18-19)6-22-14-7-25-8-15(14)24/h1-5,14-15,20,24H,6-8H2/t14?,15-/m0/s1. The van der Waals surface area contributed by atoms with Crippen LogP contribution in [0.25, 0.3) is 16.7 Å². The number of hydrogen-bond acceptors (Lipinski definition) is 8. The summed E-state index contributed by atoms with van der Waals surface area (Å²) in [6.07, 6.45) is 1.74. The number of fused-ring (bicyclic) bond motifs is 1. The van der Waals surface area contributed by atoms with Gasteiger partial charge in [-0.1, -0.05) is 5.21 Å². The molecule has 3 aromatic rings. The van der Waals surface area contributed by atoms with Crippen molar-refractivity contribution in [2.24, 2.45) is 0 Å². The van der Waals surface area contributed by atoms with Crippen molar-refractivity contribution in [3.63, 3.8) is 0 Å². The van der Waals surface area contributed by atoms with Gasteiger partial charge in [0.15, 0.2) is 5.69 Å². The number of phenols is 1. The van der Waals surface area contributed by atoms with E-state index in [1.54, 1.807) is 18.3 Å². The van der Waals surface area contributed by atoms with E-state index in [0.29, 0.717) is 23.3 Å². The van der Waals surface area contributed by atoms with Gasteiger partial charge in [0.1, 0.15) is 17.0 Å². The van der Waals surface area contributed by atoms with Crippen LogP contribution in [0.15, 0.2) is 39.7 Å². The summed E-state index contributed by atoms with van der Waals surface area (Å²) in [4.78, 5) is 12.2. The van der Waals surface area contributed by atoms with Gasteiger partial charge in [0.05, 0.1) is 18.9 Å². The van der Waals surface area contributed by atoms with Gasteiger partial charge in [0.2, 0.25) is 0 Å². The van der Waals surface area contributed by atoms with E-state index in [9.17, 15) is 9.90 Å². The summed E-state index contributed by atoms with van der Waals surface area (Å²) >= 11 is 6.31. The number of nitrogens with zero attached hydrogens (tertiary/aromatic N) is 3. The van der Waals surface area contributed by atoms with Crippen LogP contribution in [-0.4, -0.2) is 43.0 Å². The molecular formula is C16H15N3O4S2. The Morgan fingerprint density at radius 3 is 3.08 bits per heavy atom. The fourth-order valence-corrected chi connectivity index (χ4v) is 4.41. The molecular weight excluding hydrogens is 362 g/mol. The minimum Gasteiger partial charge on any atom is -0.508 e. The molecule has 0 amide bonds. The number of rotatable bonds is 4. The average Bonchev–Trinajstić information content (AvgIpc) is 3.21. The Bertz CT molecular complexity index is 971. The van der Waals surface area contributed by atoms with Gasteiger partial charge in [-0.05, 0) is 18.2 Å². The second-order valence-corrected chi connectivity index (χ2v) is 7.49. The number of aromatic hydroxyl groups is 1. The summed E-state index contributed by atoms with van der Waals surface area (Å²) in [5, 5.41) is 18.4. The van der Waals surface area contributed by atoms with Crippen LogP contribution in [0.2, 0.25) is 0 Å². The van der Waals surface area contributed by atoms with Crippen molar-refractivity contribution in [2.45, 2.75) is 18.0 Å². The molecule has 2 atom stereocenters. The molecule has 0 bridgehead atoms. The van der Waals surface area contributed by atoms with Crippen LogP contribution in [-0.2, 0) is 11.3 Å². The lowest BCUT2D eigenvalue weighted by Gasteiger charge is -2.13. The Balaban J connectivity index is 1.57. The smallest absolute Gasteiger partial charge is 0.362 e. The Hall–Kier alpha value is -1.97. The molecule has 1 unspecified atom stereocenters. The predicted molar refractivity (Wildman–Crippen MR) is 97.7 cm³/mol. The van der Waals surface area contributed by atoms with Crippen molar-refractivity contribution in [1.82, 2.24) is 15.0 Å². The second-order valence-electron chi connectivity index (χ2n) is 5.75. The monoisotopic (exact) mass is 377 g/mol. The van der Waals surface area contributed by atoms with E-state index in [4.69, 9.17) is 9.15 Å². The number of phenolic OH excluding ortho intramolecular Hbond substituents is 1. The second kappa shape index (κ2) is 6.74. The highest BCUT2D eigenvalue weighted by Crippen LogP contribution is 2.25. The van der Waals surface area contributed by atoms with Gasteiger partial charge in [-0.3, -0.25) is 0 Å². The maximum atomic E-state index is 12.2. The lowest BCUT2D eigenvalue weighted by atomic mass is 10.2. The van der Waals surface area contributed by atoms with Gasteiger partial charge in [-0.15, -0.1) is 5.10 Å². The van der Waals surface area contributed by atoms with Crippen LogP contribution in [0, 0.1) is 0 Å². The molecule has 9 heteroatoms. The highest BCUT2D eigenvalue weighted by Gasteiger charge is 2.25. The molecule has 2 aromatic heterocycles. The zero-order valence-electron chi connectivity index (χ0n) is 13.0. The largest absolute Gasteiger partial charge is 0.508 e. The number of ether oxygens (including phenoxy) is 1. The van der Waals surface area contributed by atoms with Crippen LogP contribution in [0.1, 0.15) is 5.69 Å². The molecule has 1 aliphatic heterocycles. The Kier molecular flexibility index (Phi) is 4.45. The zero-order valence-corrected chi connectivity index (χ0v) is 14.7. The van der Waals surface area contributed by atoms with E-state index in [-0.39, 0.29) is 22.8 Å². The number of benzene rings is 1. The third-order valence-electron chi connectivity index (χ3n) is 3.93. The molecule has 0 saturated carbocycles. The SMILES string of the molecule is O=c1oc2cc(O)ccc2cc1-n1cc(COC2CSC[C@@H]2S)nn1. The van der Waals surface area contributed by atoms with Gasteiger partial charge in [0, 0.05) is 28.2 Å². The molecule has 0 radical (unpaired) electrons. The fourth-order valence-electron chi connectivity index (χ4n) is 2.61. The van der Waals surface area contributed by atoms with Gasteiger partial charge in [0.25, 0.3) is 0 Å². The maximum absolute atomic E-state index is 12.2. The van der Waals surface area contributed by atoms with Crippen molar-refractivity contribution < 1.29 is 14.3 Å². The summed E-state index contributed by atoms with van der Waals surface area (Å²) in [6.45, 7) is 0.315. The van der Waals surface area contributed by atoms with Crippen molar-refractivity contribution in [3.8, 4) is 11.4 Å². The van der Waals surface area contributed by atoms with Gasteiger partial charge >= 0.3 is 5.63 Å². The minimum absolute atomic E-state index is 0.0381. The topological polar surface area (TPSA) is 90.4 Å². The quantitative estimate of drug-likeness (QED) is 0.531. The summed E-state index contributed by atoms with van der Waals surface area (Å²) in [5.41, 5.74) is 0.636. The van der Waals surface area contributed by atoms with Crippen molar-refractivity contribution >= 4 is 35.4 Å². The molecule has 7 nitrogen and oxygen atoms in total. The summed E-state index contributed by atoms with van der Waals surface area (Å²) < 4.78 is 12.4. The first-order valence-corrected chi connectivity index (χ1v) is 9.33. The Morgan fingerprint density at radius 2 is 2.28 bits per heavy atom. The molecule has 1 aliphatic rings. The molecule has 0 aliphatic carbocycles. The first-order chi connectivity index (χ1) is 12.1.